The molecule has 2 aromatic heterocycles. The van der Waals surface area contributed by atoms with Crippen molar-refractivity contribution < 1.29 is 9.90 Å². The van der Waals surface area contributed by atoms with Crippen LogP contribution in [-0.2, 0) is 10.8 Å². The van der Waals surface area contributed by atoms with E-state index >= 15 is 0 Å². The minimum atomic E-state index is -0.223. The Kier molecular flexibility index (Phi) is 4.41. The van der Waals surface area contributed by atoms with E-state index in [1.165, 1.54) is 0 Å². The smallest absolute Gasteiger partial charge is 0.185 e. The monoisotopic (exact) mass is 364 g/mol. The zero-order valence-corrected chi connectivity index (χ0v) is 17.2. The summed E-state index contributed by atoms with van der Waals surface area (Å²) in [6.45, 7) is 14.5. The molecule has 0 aliphatic carbocycles. The Morgan fingerprint density at radius 1 is 1.00 bits per heavy atom. The molecule has 0 unspecified atom stereocenters. The molecule has 142 valence electrons. The molecule has 0 spiro atoms. The summed E-state index contributed by atoms with van der Waals surface area (Å²) >= 11 is 0. The number of hydrogen-bond donors (Lipinski definition) is 1. The Balaban J connectivity index is 2.39. The molecule has 2 heterocycles. The van der Waals surface area contributed by atoms with Gasteiger partial charge in [0.15, 0.2) is 12.1 Å². The molecule has 0 radical (unpaired) electrons. The van der Waals surface area contributed by atoms with Gasteiger partial charge in [-0.1, -0.05) is 47.6 Å². The second-order valence-corrected chi connectivity index (χ2v) is 9.32. The Hall–Kier alpha value is -2.62. The number of nitrogens with zero attached hydrogens (tertiary/aromatic N) is 2. The molecule has 4 heteroatoms. The van der Waals surface area contributed by atoms with E-state index in [4.69, 9.17) is 0 Å². The van der Waals surface area contributed by atoms with E-state index in [-0.39, 0.29) is 10.8 Å². The Morgan fingerprint density at radius 3 is 2.04 bits per heavy atom. The van der Waals surface area contributed by atoms with Crippen molar-refractivity contribution >= 4 is 11.8 Å². The standard InChI is InChI=1S/C23H28N2O2/c1-14-8-9-18-20(24-19(13-26)25(18)12-14)15-10-16(22(2,3)4)21(27)17(11-15)23(5,6)7/h8-13,27H,1-7H3. The maximum absolute atomic E-state index is 11.6. The number of aldehydes is 1. The van der Waals surface area contributed by atoms with E-state index in [1.54, 1.807) is 0 Å². The highest BCUT2D eigenvalue weighted by atomic mass is 16.3. The number of benzene rings is 1. The van der Waals surface area contributed by atoms with Gasteiger partial charge in [0.25, 0.3) is 0 Å². The first-order valence-corrected chi connectivity index (χ1v) is 9.25. The fourth-order valence-electron chi connectivity index (χ4n) is 3.43. The van der Waals surface area contributed by atoms with E-state index in [1.807, 2.05) is 41.8 Å². The van der Waals surface area contributed by atoms with Gasteiger partial charge in [-0.15, -0.1) is 0 Å². The molecule has 3 aromatic rings. The number of aryl methyl sites for hydroxylation is 1. The van der Waals surface area contributed by atoms with Crippen LogP contribution >= 0.6 is 0 Å². The van der Waals surface area contributed by atoms with Crippen LogP contribution in [0.5, 0.6) is 5.75 Å². The van der Waals surface area contributed by atoms with Crippen molar-refractivity contribution in [1.29, 1.82) is 0 Å². The third-order valence-electron chi connectivity index (χ3n) is 4.92. The fraction of sp³-hybridized carbons (Fsp3) is 0.391. The van der Waals surface area contributed by atoms with Crippen molar-refractivity contribution in [3.63, 3.8) is 0 Å². The highest BCUT2D eigenvalue weighted by Crippen LogP contribution is 2.42. The fourth-order valence-corrected chi connectivity index (χ4v) is 3.43. The van der Waals surface area contributed by atoms with E-state index in [9.17, 15) is 9.90 Å². The number of aromatic nitrogens is 2. The van der Waals surface area contributed by atoms with Gasteiger partial charge in [-0.2, -0.15) is 0 Å². The molecule has 0 amide bonds. The Morgan fingerprint density at radius 2 is 1.56 bits per heavy atom. The van der Waals surface area contributed by atoms with Gasteiger partial charge in [-0.3, -0.25) is 9.20 Å². The quantitative estimate of drug-likeness (QED) is 0.618. The normalized spacial score (nSPS) is 12.6. The summed E-state index contributed by atoms with van der Waals surface area (Å²) < 4.78 is 1.83. The summed E-state index contributed by atoms with van der Waals surface area (Å²) in [5, 5.41) is 11.0. The summed E-state index contributed by atoms with van der Waals surface area (Å²) in [6.07, 6.45) is 2.71. The highest BCUT2D eigenvalue weighted by molar-refractivity contribution is 5.84. The van der Waals surface area contributed by atoms with Gasteiger partial charge in [-0.05, 0) is 41.5 Å². The van der Waals surface area contributed by atoms with Crippen LogP contribution in [0.1, 0.15) is 68.9 Å². The van der Waals surface area contributed by atoms with E-state index in [2.05, 4.69) is 46.5 Å². The van der Waals surface area contributed by atoms with Crippen molar-refractivity contribution in [2.45, 2.75) is 59.3 Å². The molecule has 0 atom stereocenters. The minimum Gasteiger partial charge on any atom is -0.507 e. The van der Waals surface area contributed by atoms with Crippen molar-refractivity contribution in [3.05, 3.63) is 53.0 Å². The molecule has 3 rings (SSSR count). The van der Waals surface area contributed by atoms with Crippen molar-refractivity contribution in [3.8, 4) is 17.0 Å². The molecule has 27 heavy (non-hydrogen) atoms. The lowest BCUT2D eigenvalue weighted by Gasteiger charge is -2.28. The van der Waals surface area contributed by atoms with Crippen LogP contribution in [0.2, 0.25) is 0 Å². The average molecular weight is 364 g/mol. The number of carbonyl (C=O) groups is 1. The van der Waals surface area contributed by atoms with Crippen molar-refractivity contribution in [2.24, 2.45) is 0 Å². The molecular weight excluding hydrogens is 336 g/mol. The highest BCUT2D eigenvalue weighted by Gasteiger charge is 2.27. The number of pyridine rings is 1. The van der Waals surface area contributed by atoms with Crippen molar-refractivity contribution in [1.82, 2.24) is 9.38 Å². The molecule has 0 bridgehead atoms. The molecule has 1 aromatic carbocycles. The van der Waals surface area contributed by atoms with Crippen molar-refractivity contribution in [2.75, 3.05) is 0 Å². The summed E-state index contributed by atoms with van der Waals surface area (Å²) in [4.78, 5) is 16.2. The molecule has 0 saturated carbocycles. The third kappa shape index (κ3) is 3.36. The van der Waals surface area contributed by atoms with Gasteiger partial charge in [0.2, 0.25) is 0 Å². The van der Waals surface area contributed by atoms with E-state index in [0.717, 1.165) is 39.8 Å². The zero-order valence-electron chi connectivity index (χ0n) is 17.2. The zero-order chi connectivity index (χ0) is 20.1. The third-order valence-corrected chi connectivity index (χ3v) is 4.92. The first-order chi connectivity index (χ1) is 12.4. The number of phenolic OH excluding ortho intramolecular Hbond substituents is 1. The second kappa shape index (κ2) is 6.22. The number of carbonyl (C=O) groups excluding carboxylic acids is 1. The maximum atomic E-state index is 11.6. The molecule has 0 saturated heterocycles. The van der Waals surface area contributed by atoms with Crippen LogP contribution in [0, 0.1) is 6.92 Å². The van der Waals surface area contributed by atoms with Crippen LogP contribution in [0.25, 0.3) is 16.8 Å². The molecule has 4 nitrogen and oxygen atoms in total. The number of fused-ring (bicyclic) bond motifs is 1. The van der Waals surface area contributed by atoms with Crippen LogP contribution in [-0.4, -0.2) is 20.8 Å². The first kappa shape index (κ1) is 19.2. The topological polar surface area (TPSA) is 54.6 Å². The second-order valence-electron chi connectivity index (χ2n) is 9.32. The van der Waals surface area contributed by atoms with Gasteiger partial charge < -0.3 is 5.11 Å². The lowest BCUT2D eigenvalue weighted by molar-refractivity contribution is 0.111. The molecule has 1 N–H and O–H groups in total. The largest absolute Gasteiger partial charge is 0.507 e. The SMILES string of the molecule is Cc1ccc2c(-c3cc(C(C)(C)C)c(O)c(C(C)(C)C)c3)nc(C=O)n2c1. The summed E-state index contributed by atoms with van der Waals surface area (Å²) in [7, 11) is 0. The molecular formula is C23H28N2O2. The van der Waals surface area contributed by atoms with Gasteiger partial charge >= 0.3 is 0 Å². The van der Waals surface area contributed by atoms with Crippen LogP contribution in [0.4, 0.5) is 0 Å². The number of phenols is 1. The summed E-state index contributed by atoms with van der Waals surface area (Å²) in [5.41, 5.74) is 4.93. The van der Waals surface area contributed by atoms with Gasteiger partial charge in [-0.25, -0.2) is 4.98 Å². The molecule has 0 fully saturated rings. The van der Waals surface area contributed by atoms with E-state index in [0.29, 0.717) is 11.6 Å². The molecule has 0 aliphatic rings. The average Bonchev–Trinajstić information content (AvgIpc) is 2.90. The predicted molar refractivity (Wildman–Crippen MR) is 110 cm³/mol. The van der Waals surface area contributed by atoms with Crippen LogP contribution < -0.4 is 0 Å². The lowest BCUT2D eigenvalue weighted by Crippen LogP contribution is -2.17. The van der Waals surface area contributed by atoms with Gasteiger partial charge in [0, 0.05) is 22.9 Å². The Labute approximate surface area is 160 Å². The van der Waals surface area contributed by atoms with Gasteiger partial charge in [0.05, 0.1) is 11.2 Å². The molecule has 0 aliphatic heterocycles. The first-order valence-electron chi connectivity index (χ1n) is 9.25. The minimum absolute atomic E-state index is 0.223. The van der Waals surface area contributed by atoms with Crippen LogP contribution in [0.3, 0.4) is 0 Å². The van der Waals surface area contributed by atoms with Gasteiger partial charge in [0.1, 0.15) is 5.75 Å². The van der Waals surface area contributed by atoms with E-state index < -0.39 is 0 Å². The lowest BCUT2D eigenvalue weighted by atomic mass is 9.78. The summed E-state index contributed by atoms with van der Waals surface area (Å²) in [5.74, 6) is 0.722. The number of imidazole rings is 1. The van der Waals surface area contributed by atoms with Crippen LogP contribution in [0.15, 0.2) is 30.5 Å². The number of aromatic hydroxyl groups is 1. The summed E-state index contributed by atoms with van der Waals surface area (Å²) in [6, 6.07) is 8.01. The maximum Gasteiger partial charge on any atom is 0.185 e. The Bertz CT molecular complexity index is 996. The number of rotatable bonds is 2. The number of hydrogen-bond acceptors (Lipinski definition) is 3. The predicted octanol–water partition coefficient (Wildman–Crippen LogP) is 5.42.